The SMILES string of the molecule is Cc1c(NC(=O)N2CCC3(CCCOC3)C2)cccc1C(=O)N1CCCC1. The van der Waals surface area contributed by atoms with Gasteiger partial charge < -0.3 is 19.9 Å². The number of urea groups is 1. The Morgan fingerprint density at radius 1 is 1.07 bits per heavy atom. The summed E-state index contributed by atoms with van der Waals surface area (Å²) < 4.78 is 5.66. The van der Waals surface area contributed by atoms with E-state index in [-0.39, 0.29) is 17.4 Å². The standard InChI is InChI=1S/C21H29N3O3/c1-16-17(19(25)23-10-2-3-11-23)6-4-7-18(16)22-20(26)24-12-9-21(14-24)8-5-13-27-15-21/h4,6-7H,2-3,5,8-15H2,1H3,(H,22,26). The van der Waals surface area contributed by atoms with Crippen molar-refractivity contribution in [3.8, 4) is 0 Å². The molecule has 146 valence electrons. The van der Waals surface area contributed by atoms with E-state index in [1.807, 2.05) is 34.9 Å². The van der Waals surface area contributed by atoms with Crippen LogP contribution in [0.5, 0.6) is 0 Å². The zero-order chi connectivity index (χ0) is 18.9. The Balaban J connectivity index is 1.44. The van der Waals surface area contributed by atoms with Crippen LogP contribution in [0.3, 0.4) is 0 Å². The van der Waals surface area contributed by atoms with Gasteiger partial charge in [0.2, 0.25) is 0 Å². The van der Waals surface area contributed by atoms with E-state index < -0.39 is 0 Å². The smallest absolute Gasteiger partial charge is 0.321 e. The lowest BCUT2D eigenvalue weighted by Crippen LogP contribution is -2.39. The van der Waals surface area contributed by atoms with Crippen LogP contribution < -0.4 is 5.32 Å². The van der Waals surface area contributed by atoms with Gasteiger partial charge in [-0.15, -0.1) is 0 Å². The second kappa shape index (κ2) is 7.50. The van der Waals surface area contributed by atoms with E-state index in [0.29, 0.717) is 5.56 Å². The van der Waals surface area contributed by atoms with Gasteiger partial charge in [0, 0.05) is 49.5 Å². The maximum absolute atomic E-state index is 12.8. The molecule has 0 radical (unpaired) electrons. The first-order chi connectivity index (χ1) is 13.1. The lowest BCUT2D eigenvalue weighted by molar-refractivity contribution is -0.000214. The molecule has 1 spiro atoms. The number of carbonyl (C=O) groups excluding carboxylic acids is 2. The van der Waals surface area contributed by atoms with Crippen molar-refractivity contribution in [3.05, 3.63) is 29.3 Å². The number of anilines is 1. The second-order valence-electron chi connectivity index (χ2n) is 8.24. The number of nitrogens with one attached hydrogen (secondary N) is 1. The van der Waals surface area contributed by atoms with Crippen LogP contribution in [0.4, 0.5) is 10.5 Å². The first-order valence-electron chi connectivity index (χ1n) is 10.1. The zero-order valence-corrected chi connectivity index (χ0v) is 16.1. The van der Waals surface area contributed by atoms with Gasteiger partial charge in [-0.05, 0) is 56.7 Å². The molecule has 1 N–H and O–H groups in total. The molecule has 3 aliphatic rings. The summed E-state index contributed by atoms with van der Waals surface area (Å²) in [5.41, 5.74) is 2.40. The van der Waals surface area contributed by atoms with Crippen LogP contribution in [0.25, 0.3) is 0 Å². The summed E-state index contributed by atoms with van der Waals surface area (Å²) in [6.07, 6.45) is 5.36. The van der Waals surface area contributed by atoms with Crippen LogP contribution in [-0.4, -0.2) is 61.1 Å². The van der Waals surface area contributed by atoms with Crippen molar-refractivity contribution >= 4 is 17.6 Å². The van der Waals surface area contributed by atoms with E-state index in [1.54, 1.807) is 0 Å². The van der Waals surface area contributed by atoms with Crippen LogP contribution in [0.1, 0.15) is 48.0 Å². The van der Waals surface area contributed by atoms with Crippen molar-refractivity contribution in [3.63, 3.8) is 0 Å². The summed E-state index contributed by atoms with van der Waals surface area (Å²) >= 11 is 0. The number of benzene rings is 1. The van der Waals surface area contributed by atoms with E-state index in [0.717, 1.165) is 82.7 Å². The highest BCUT2D eigenvalue weighted by atomic mass is 16.5. The Kier molecular flexibility index (Phi) is 5.08. The van der Waals surface area contributed by atoms with Gasteiger partial charge in [0.05, 0.1) is 6.61 Å². The Labute approximate surface area is 160 Å². The van der Waals surface area contributed by atoms with Gasteiger partial charge in [0.25, 0.3) is 5.91 Å². The quantitative estimate of drug-likeness (QED) is 0.868. The number of ether oxygens (including phenoxy) is 1. The van der Waals surface area contributed by atoms with E-state index >= 15 is 0 Å². The van der Waals surface area contributed by atoms with Crippen molar-refractivity contribution in [1.29, 1.82) is 0 Å². The summed E-state index contributed by atoms with van der Waals surface area (Å²) in [6, 6.07) is 5.51. The highest BCUT2D eigenvalue weighted by molar-refractivity contribution is 5.99. The molecular weight excluding hydrogens is 342 g/mol. The predicted molar refractivity (Wildman–Crippen MR) is 104 cm³/mol. The lowest BCUT2D eigenvalue weighted by atomic mass is 9.82. The first-order valence-corrected chi connectivity index (χ1v) is 10.1. The molecular formula is C21H29N3O3. The van der Waals surface area contributed by atoms with Crippen molar-refractivity contribution < 1.29 is 14.3 Å². The van der Waals surface area contributed by atoms with Crippen LogP contribution in [0.15, 0.2) is 18.2 Å². The maximum Gasteiger partial charge on any atom is 0.321 e. The minimum Gasteiger partial charge on any atom is -0.381 e. The van der Waals surface area contributed by atoms with Gasteiger partial charge in [0.15, 0.2) is 0 Å². The average Bonchev–Trinajstić information content (AvgIpc) is 3.34. The molecule has 1 aromatic carbocycles. The molecule has 0 aromatic heterocycles. The normalized spacial score (nSPS) is 25.2. The van der Waals surface area contributed by atoms with Crippen LogP contribution in [0, 0.1) is 12.3 Å². The topological polar surface area (TPSA) is 61.9 Å². The van der Waals surface area contributed by atoms with Gasteiger partial charge in [-0.3, -0.25) is 4.79 Å². The van der Waals surface area contributed by atoms with Crippen LogP contribution in [-0.2, 0) is 4.74 Å². The molecule has 1 atom stereocenters. The summed E-state index contributed by atoms with van der Waals surface area (Å²) in [7, 11) is 0. The second-order valence-corrected chi connectivity index (χ2v) is 8.24. The van der Waals surface area contributed by atoms with Crippen molar-refractivity contribution in [2.75, 3.05) is 44.7 Å². The highest BCUT2D eigenvalue weighted by Gasteiger charge is 2.41. The van der Waals surface area contributed by atoms with Crippen LogP contribution in [0.2, 0.25) is 0 Å². The fraction of sp³-hybridized carbons (Fsp3) is 0.619. The number of carbonyl (C=O) groups is 2. The number of hydrogen-bond donors (Lipinski definition) is 1. The third-order valence-electron chi connectivity index (χ3n) is 6.33. The monoisotopic (exact) mass is 371 g/mol. The average molecular weight is 371 g/mol. The molecule has 6 nitrogen and oxygen atoms in total. The Morgan fingerprint density at radius 3 is 2.63 bits per heavy atom. The van der Waals surface area contributed by atoms with E-state index in [1.165, 1.54) is 0 Å². The molecule has 3 fully saturated rings. The van der Waals surface area contributed by atoms with Crippen LogP contribution >= 0.6 is 0 Å². The number of amides is 3. The zero-order valence-electron chi connectivity index (χ0n) is 16.1. The molecule has 3 aliphatic heterocycles. The van der Waals surface area contributed by atoms with Gasteiger partial charge in [-0.2, -0.15) is 0 Å². The lowest BCUT2D eigenvalue weighted by Gasteiger charge is -2.33. The van der Waals surface area contributed by atoms with Crippen molar-refractivity contribution in [2.24, 2.45) is 5.41 Å². The molecule has 27 heavy (non-hydrogen) atoms. The number of hydrogen-bond acceptors (Lipinski definition) is 3. The largest absolute Gasteiger partial charge is 0.381 e. The third-order valence-corrected chi connectivity index (χ3v) is 6.33. The molecule has 1 aromatic rings. The van der Waals surface area contributed by atoms with Gasteiger partial charge >= 0.3 is 6.03 Å². The fourth-order valence-corrected chi connectivity index (χ4v) is 4.63. The summed E-state index contributed by atoms with van der Waals surface area (Å²) in [6.45, 7) is 6.68. The molecule has 3 saturated heterocycles. The van der Waals surface area contributed by atoms with E-state index in [9.17, 15) is 9.59 Å². The predicted octanol–water partition coefficient (Wildman–Crippen LogP) is 3.27. The van der Waals surface area contributed by atoms with Crippen molar-refractivity contribution in [2.45, 2.75) is 39.0 Å². The summed E-state index contributed by atoms with van der Waals surface area (Å²) in [5, 5.41) is 3.04. The Hall–Kier alpha value is -2.08. The highest BCUT2D eigenvalue weighted by Crippen LogP contribution is 2.38. The molecule has 6 heteroatoms. The van der Waals surface area contributed by atoms with Gasteiger partial charge in [0.1, 0.15) is 0 Å². The molecule has 1 unspecified atom stereocenters. The maximum atomic E-state index is 12.8. The van der Waals surface area contributed by atoms with E-state index in [2.05, 4.69) is 5.32 Å². The fourth-order valence-electron chi connectivity index (χ4n) is 4.63. The Morgan fingerprint density at radius 2 is 1.89 bits per heavy atom. The molecule has 0 saturated carbocycles. The molecule has 4 rings (SSSR count). The first kappa shape index (κ1) is 18.3. The number of rotatable bonds is 2. The number of nitrogens with zero attached hydrogens (tertiary/aromatic N) is 2. The minimum atomic E-state index is -0.0775. The molecule has 3 amide bonds. The van der Waals surface area contributed by atoms with Gasteiger partial charge in [-0.1, -0.05) is 6.07 Å². The Bertz CT molecular complexity index is 721. The summed E-state index contributed by atoms with van der Waals surface area (Å²) in [5.74, 6) is 0.0700. The minimum absolute atomic E-state index is 0.0700. The van der Waals surface area contributed by atoms with Gasteiger partial charge in [-0.25, -0.2) is 4.79 Å². The summed E-state index contributed by atoms with van der Waals surface area (Å²) in [4.78, 5) is 29.4. The van der Waals surface area contributed by atoms with E-state index in [4.69, 9.17) is 4.74 Å². The molecule has 3 heterocycles. The molecule has 0 bridgehead atoms. The molecule has 0 aliphatic carbocycles. The number of likely N-dealkylation sites (tertiary alicyclic amines) is 2. The third kappa shape index (κ3) is 3.68. The van der Waals surface area contributed by atoms with Crippen molar-refractivity contribution in [1.82, 2.24) is 9.80 Å².